The van der Waals surface area contributed by atoms with Gasteiger partial charge in [-0.1, -0.05) is 12.1 Å². The number of carbonyl (C=O) groups is 1. The van der Waals surface area contributed by atoms with Crippen LogP contribution in [0.5, 0.6) is 5.75 Å². The fourth-order valence-corrected chi connectivity index (χ4v) is 1.09. The third-order valence-corrected chi connectivity index (χ3v) is 1.81. The molecule has 0 amide bonds. The van der Waals surface area contributed by atoms with Crippen molar-refractivity contribution in [2.75, 3.05) is 0 Å². The Bertz CT molecular complexity index is 437. The van der Waals surface area contributed by atoms with E-state index in [1.54, 1.807) is 6.92 Å². The lowest BCUT2D eigenvalue weighted by atomic mass is 10.1. The van der Waals surface area contributed by atoms with Crippen molar-refractivity contribution in [2.24, 2.45) is 0 Å². The van der Waals surface area contributed by atoms with E-state index in [0.717, 1.165) is 0 Å². The summed E-state index contributed by atoms with van der Waals surface area (Å²) in [6.45, 7) is 1.55. The molecule has 0 aliphatic rings. The van der Waals surface area contributed by atoms with Crippen molar-refractivity contribution in [1.29, 1.82) is 0 Å². The lowest BCUT2D eigenvalue weighted by Crippen LogP contribution is -1.90. The molecule has 5 heteroatoms. The molecule has 1 aromatic carbocycles. The molecular weight excluding hydrogens is 198 g/mol. The summed E-state index contributed by atoms with van der Waals surface area (Å²) in [6.07, 6.45) is 1.99. The fourth-order valence-electron chi connectivity index (χ4n) is 1.09. The van der Waals surface area contributed by atoms with E-state index in [1.165, 1.54) is 24.3 Å². The second-order valence-corrected chi connectivity index (χ2v) is 2.98. The molecule has 0 fully saturated rings. The number of nitro benzene ring substituents is 1. The highest BCUT2D eigenvalue weighted by Gasteiger charge is 2.14. The normalized spacial score (nSPS) is 11.1. The molecule has 1 N–H and O–H groups in total. The van der Waals surface area contributed by atoms with Crippen LogP contribution in [0.15, 0.2) is 23.8 Å². The van der Waals surface area contributed by atoms with E-state index < -0.39 is 10.7 Å². The van der Waals surface area contributed by atoms with Gasteiger partial charge in [-0.05, 0) is 18.6 Å². The minimum Gasteiger partial charge on any atom is -0.502 e. The Kier molecular flexibility index (Phi) is 3.17. The van der Waals surface area contributed by atoms with Gasteiger partial charge < -0.3 is 5.11 Å². The molecule has 0 saturated heterocycles. The average molecular weight is 207 g/mol. The maximum absolute atomic E-state index is 10.5. The summed E-state index contributed by atoms with van der Waals surface area (Å²) in [4.78, 5) is 20.2. The molecule has 0 radical (unpaired) electrons. The van der Waals surface area contributed by atoms with Crippen molar-refractivity contribution in [1.82, 2.24) is 0 Å². The Morgan fingerprint density at radius 2 is 2.20 bits per heavy atom. The van der Waals surface area contributed by atoms with Gasteiger partial charge in [0.25, 0.3) is 0 Å². The van der Waals surface area contributed by atoms with Gasteiger partial charge in [-0.15, -0.1) is 0 Å². The van der Waals surface area contributed by atoms with Gasteiger partial charge >= 0.3 is 5.69 Å². The summed E-state index contributed by atoms with van der Waals surface area (Å²) in [5, 5.41) is 20.0. The minimum atomic E-state index is -0.678. The quantitative estimate of drug-likeness (QED) is 0.355. The minimum absolute atomic E-state index is 0.258. The Balaban J connectivity index is 3.27. The van der Waals surface area contributed by atoms with Crippen molar-refractivity contribution in [3.05, 3.63) is 39.4 Å². The number of nitro groups is 1. The van der Waals surface area contributed by atoms with Gasteiger partial charge in [-0.3, -0.25) is 14.9 Å². The average Bonchev–Trinajstić information content (AvgIpc) is 2.20. The van der Waals surface area contributed by atoms with E-state index in [0.29, 0.717) is 11.9 Å². The third kappa shape index (κ3) is 2.40. The first-order valence-electron chi connectivity index (χ1n) is 4.16. The molecule has 0 aromatic heterocycles. The molecule has 0 heterocycles. The van der Waals surface area contributed by atoms with E-state index in [9.17, 15) is 20.0 Å². The molecule has 15 heavy (non-hydrogen) atoms. The van der Waals surface area contributed by atoms with Gasteiger partial charge in [0.05, 0.1) is 4.92 Å². The van der Waals surface area contributed by atoms with E-state index in [-0.39, 0.29) is 11.3 Å². The van der Waals surface area contributed by atoms with Crippen molar-refractivity contribution in [3.8, 4) is 5.75 Å². The predicted octanol–water partition coefficient (Wildman–Crippen LogP) is 1.90. The Hall–Kier alpha value is -2.17. The first-order chi connectivity index (χ1) is 7.06. The van der Waals surface area contributed by atoms with Crippen LogP contribution in [0.3, 0.4) is 0 Å². The van der Waals surface area contributed by atoms with Crippen LogP contribution in [0.4, 0.5) is 5.69 Å². The van der Waals surface area contributed by atoms with Crippen LogP contribution in [-0.2, 0) is 4.79 Å². The van der Waals surface area contributed by atoms with Crippen LogP contribution in [0.1, 0.15) is 12.5 Å². The summed E-state index contributed by atoms with van der Waals surface area (Å²) in [5.41, 5.74) is 0.266. The van der Waals surface area contributed by atoms with E-state index in [4.69, 9.17) is 0 Å². The van der Waals surface area contributed by atoms with Crippen molar-refractivity contribution in [2.45, 2.75) is 6.92 Å². The standard InChI is InChI=1S/C10H9NO4/c1-7(6-12)5-8-3-2-4-9(10(8)13)11(14)15/h2-6,13H,1H3/b7-5+. The smallest absolute Gasteiger partial charge is 0.311 e. The van der Waals surface area contributed by atoms with Crippen LogP contribution in [0, 0.1) is 10.1 Å². The third-order valence-electron chi connectivity index (χ3n) is 1.81. The largest absolute Gasteiger partial charge is 0.502 e. The predicted molar refractivity (Wildman–Crippen MR) is 54.5 cm³/mol. The number of carbonyl (C=O) groups excluding carboxylic acids is 1. The highest BCUT2D eigenvalue weighted by molar-refractivity contribution is 5.82. The molecule has 78 valence electrons. The highest BCUT2D eigenvalue weighted by Crippen LogP contribution is 2.30. The zero-order valence-electron chi connectivity index (χ0n) is 8.01. The second-order valence-electron chi connectivity index (χ2n) is 2.98. The monoisotopic (exact) mass is 207 g/mol. The lowest BCUT2D eigenvalue weighted by Gasteiger charge is -2.00. The summed E-state index contributed by atoms with van der Waals surface area (Å²) in [5.74, 6) is -0.427. The lowest BCUT2D eigenvalue weighted by molar-refractivity contribution is -0.385. The zero-order valence-corrected chi connectivity index (χ0v) is 8.01. The molecule has 0 bridgehead atoms. The Labute approximate surface area is 85.8 Å². The van der Waals surface area contributed by atoms with Gasteiger partial charge in [-0.2, -0.15) is 0 Å². The summed E-state index contributed by atoms with van der Waals surface area (Å²) < 4.78 is 0. The maximum Gasteiger partial charge on any atom is 0.311 e. The number of aldehydes is 1. The highest BCUT2D eigenvalue weighted by atomic mass is 16.6. The first-order valence-corrected chi connectivity index (χ1v) is 4.16. The molecule has 1 aromatic rings. The van der Waals surface area contributed by atoms with Crippen molar-refractivity contribution in [3.63, 3.8) is 0 Å². The Morgan fingerprint density at radius 1 is 1.53 bits per heavy atom. The summed E-state index contributed by atoms with van der Waals surface area (Å²) in [7, 11) is 0. The number of hydrogen-bond donors (Lipinski definition) is 1. The molecular formula is C10H9NO4. The van der Waals surface area contributed by atoms with Crippen LogP contribution in [0.2, 0.25) is 0 Å². The SMILES string of the molecule is C/C(C=O)=C\c1cccc([N+](=O)[O-])c1O. The number of phenolic OH excluding ortho intramolecular Hbond substituents is 1. The first kappa shape index (κ1) is 10.9. The molecule has 0 atom stereocenters. The number of allylic oxidation sites excluding steroid dienone is 1. The number of rotatable bonds is 3. The molecule has 0 unspecified atom stereocenters. The topological polar surface area (TPSA) is 80.4 Å². The molecule has 0 spiro atoms. The molecule has 1 rings (SSSR count). The number of benzene rings is 1. The van der Waals surface area contributed by atoms with Crippen LogP contribution in [-0.4, -0.2) is 16.3 Å². The Morgan fingerprint density at radius 3 is 2.73 bits per heavy atom. The van der Waals surface area contributed by atoms with Gasteiger partial charge in [-0.25, -0.2) is 0 Å². The fraction of sp³-hybridized carbons (Fsp3) is 0.100. The second kappa shape index (κ2) is 4.36. The summed E-state index contributed by atoms with van der Waals surface area (Å²) in [6, 6.07) is 4.14. The van der Waals surface area contributed by atoms with Crippen LogP contribution in [0.25, 0.3) is 6.08 Å². The van der Waals surface area contributed by atoms with Crippen molar-refractivity contribution < 1.29 is 14.8 Å². The number of nitrogens with zero attached hydrogens (tertiary/aromatic N) is 1. The van der Waals surface area contributed by atoms with E-state index in [1.807, 2.05) is 0 Å². The van der Waals surface area contributed by atoms with Gasteiger partial charge in [0.15, 0.2) is 0 Å². The van der Waals surface area contributed by atoms with E-state index in [2.05, 4.69) is 0 Å². The van der Waals surface area contributed by atoms with Crippen LogP contribution < -0.4 is 0 Å². The number of phenols is 1. The molecule has 5 nitrogen and oxygen atoms in total. The van der Waals surface area contributed by atoms with Gasteiger partial charge in [0, 0.05) is 11.6 Å². The zero-order chi connectivity index (χ0) is 11.4. The maximum atomic E-state index is 10.5. The number of para-hydroxylation sites is 1. The molecule has 0 aliphatic heterocycles. The number of aromatic hydroxyl groups is 1. The van der Waals surface area contributed by atoms with Gasteiger partial charge in [0.2, 0.25) is 5.75 Å². The molecule has 0 aliphatic carbocycles. The van der Waals surface area contributed by atoms with Crippen molar-refractivity contribution >= 4 is 18.0 Å². The van der Waals surface area contributed by atoms with Gasteiger partial charge in [0.1, 0.15) is 6.29 Å². The van der Waals surface area contributed by atoms with E-state index >= 15 is 0 Å². The summed E-state index contributed by atoms with van der Waals surface area (Å²) >= 11 is 0. The van der Waals surface area contributed by atoms with Crippen LogP contribution >= 0.6 is 0 Å². The molecule has 0 saturated carbocycles. The number of hydrogen-bond acceptors (Lipinski definition) is 4.